The number of hydrogen-bond donors (Lipinski definition) is 1. The van der Waals surface area contributed by atoms with Gasteiger partial charge >= 0.3 is 6.18 Å². The number of halogens is 3. The van der Waals surface area contributed by atoms with Crippen LogP contribution in [0.4, 0.5) is 19.0 Å². The molecule has 0 saturated heterocycles. The van der Waals surface area contributed by atoms with Gasteiger partial charge in [0.25, 0.3) is 0 Å². The normalized spacial score (nSPS) is 15.6. The lowest BCUT2D eigenvalue weighted by Gasteiger charge is -2.21. The number of aryl methyl sites for hydroxylation is 1. The number of benzene rings is 1. The van der Waals surface area contributed by atoms with Crippen LogP contribution in [0.15, 0.2) is 35.5 Å². The number of alkyl halides is 3. The van der Waals surface area contributed by atoms with E-state index in [4.69, 9.17) is 0 Å². The van der Waals surface area contributed by atoms with Crippen LogP contribution in [0.25, 0.3) is 5.69 Å². The first-order valence-corrected chi connectivity index (χ1v) is 7.36. The summed E-state index contributed by atoms with van der Waals surface area (Å²) in [6.07, 6.45) is -2.69. The summed E-state index contributed by atoms with van der Waals surface area (Å²) >= 11 is 0. The summed E-state index contributed by atoms with van der Waals surface area (Å²) < 4.78 is 39.9. The van der Waals surface area contributed by atoms with Crippen LogP contribution in [-0.2, 0) is 6.54 Å². The Kier molecular flexibility index (Phi) is 3.87. The second-order valence-corrected chi connectivity index (χ2v) is 5.75. The zero-order chi connectivity index (χ0) is 16.6. The van der Waals surface area contributed by atoms with Gasteiger partial charge in [0.05, 0.1) is 24.3 Å². The van der Waals surface area contributed by atoms with Gasteiger partial charge < -0.3 is 5.32 Å². The number of para-hydroxylation sites is 1. The van der Waals surface area contributed by atoms with Crippen molar-refractivity contribution in [2.24, 2.45) is 10.9 Å². The van der Waals surface area contributed by atoms with Crippen LogP contribution in [-0.4, -0.2) is 21.8 Å². The van der Waals surface area contributed by atoms with E-state index in [1.165, 1.54) is 6.92 Å². The number of amidine groups is 1. The molecule has 0 bridgehead atoms. The molecule has 1 aliphatic rings. The van der Waals surface area contributed by atoms with E-state index in [1.807, 2.05) is 31.2 Å². The fraction of sp³-hybridized carbons (Fsp3) is 0.375. The van der Waals surface area contributed by atoms with Gasteiger partial charge in [-0.05, 0) is 18.6 Å². The molecule has 0 amide bonds. The number of nitrogens with zero attached hydrogens (tertiary/aromatic N) is 3. The molecule has 1 aromatic carbocycles. The molecule has 7 heteroatoms. The molecule has 0 radical (unpaired) electrons. The van der Waals surface area contributed by atoms with Crippen LogP contribution < -0.4 is 5.32 Å². The van der Waals surface area contributed by atoms with Crippen molar-refractivity contribution in [1.29, 1.82) is 0 Å². The SMILES string of the molecule is Cc1ccccc1-n1ncc2c1NC(CC(C)C(F)(F)F)=NC2. The van der Waals surface area contributed by atoms with Gasteiger partial charge in [-0.15, -0.1) is 0 Å². The fourth-order valence-corrected chi connectivity index (χ4v) is 2.49. The molecule has 1 aromatic heterocycles. The molecule has 0 fully saturated rings. The Bertz CT molecular complexity index is 746. The van der Waals surface area contributed by atoms with Crippen molar-refractivity contribution in [3.8, 4) is 5.69 Å². The second kappa shape index (κ2) is 5.72. The van der Waals surface area contributed by atoms with E-state index >= 15 is 0 Å². The average Bonchev–Trinajstić information content (AvgIpc) is 2.90. The van der Waals surface area contributed by atoms with Crippen molar-refractivity contribution < 1.29 is 13.2 Å². The molecule has 0 aliphatic carbocycles. The summed E-state index contributed by atoms with van der Waals surface area (Å²) in [5.41, 5.74) is 2.80. The van der Waals surface area contributed by atoms with E-state index < -0.39 is 12.1 Å². The average molecular weight is 322 g/mol. The number of anilines is 1. The van der Waals surface area contributed by atoms with Gasteiger partial charge in [-0.25, -0.2) is 4.68 Å². The first kappa shape index (κ1) is 15.6. The molecule has 1 N–H and O–H groups in total. The Hall–Kier alpha value is -2.31. The van der Waals surface area contributed by atoms with Crippen LogP contribution in [0.3, 0.4) is 0 Å². The predicted molar refractivity (Wildman–Crippen MR) is 82.9 cm³/mol. The van der Waals surface area contributed by atoms with Gasteiger partial charge in [-0.3, -0.25) is 4.99 Å². The van der Waals surface area contributed by atoms with Crippen molar-refractivity contribution in [2.75, 3.05) is 5.32 Å². The number of aromatic nitrogens is 2. The molecule has 0 spiro atoms. The first-order valence-electron chi connectivity index (χ1n) is 7.36. The van der Waals surface area contributed by atoms with E-state index in [2.05, 4.69) is 15.4 Å². The van der Waals surface area contributed by atoms with E-state index in [0.717, 1.165) is 16.8 Å². The van der Waals surface area contributed by atoms with Gasteiger partial charge in [0.2, 0.25) is 0 Å². The van der Waals surface area contributed by atoms with Gasteiger partial charge in [-0.1, -0.05) is 25.1 Å². The van der Waals surface area contributed by atoms with Gasteiger partial charge in [0.15, 0.2) is 0 Å². The van der Waals surface area contributed by atoms with E-state index in [-0.39, 0.29) is 6.42 Å². The van der Waals surface area contributed by atoms with E-state index in [9.17, 15) is 13.2 Å². The Labute approximate surface area is 132 Å². The molecule has 3 rings (SSSR count). The Morgan fingerprint density at radius 2 is 2.04 bits per heavy atom. The lowest BCUT2D eigenvalue weighted by Crippen LogP contribution is -2.28. The van der Waals surface area contributed by atoms with Crippen LogP contribution in [0.2, 0.25) is 0 Å². The Morgan fingerprint density at radius 3 is 2.74 bits per heavy atom. The summed E-state index contributed by atoms with van der Waals surface area (Å²) in [6.45, 7) is 3.47. The molecular formula is C16H17F3N4. The minimum absolute atomic E-state index is 0.165. The number of fused-ring (bicyclic) bond motifs is 1. The minimum Gasteiger partial charge on any atom is -0.328 e. The summed E-state index contributed by atoms with van der Waals surface area (Å²) in [4.78, 5) is 4.21. The quantitative estimate of drug-likeness (QED) is 0.924. The maximum absolute atomic E-state index is 12.7. The van der Waals surface area contributed by atoms with Crippen molar-refractivity contribution in [3.63, 3.8) is 0 Å². The molecule has 23 heavy (non-hydrogen) atoms. The molecule has 1 unspecified atom stereocenters. The van der Waals surface area contributed by atoms with Crippen molar-refractivity contribution in [3.05, 3.63) is 41.6 Å². The third kappa shape index (κ3) is 3.09. The Morgan fingerprint density at radius 1 is 1.30 bits per heavy atom. The van der Waals surface area contributed by atoms with Crippen molar-refractivity contribution in [1.82, 2.24) is 9.78 Å². The minimum atomic E-state index is -4.22. The zero-order valence-electron chi connectivity index (χ0n) is 12.9. The maximum atomic E-state index is 12.7. The molecule has 4 nitrogen and oxygen atoms in total. The zero-order valence-corrected chi connectivity index (χ0v) is 12.9. The molecular weight excluding hydrogens is 305 g/mol. The number of aliphatic imine (C=N–C) groups is 1. The molecule has 1 atom stereocenters. The van der Waals surface area contributed by atoms with Crippen LogP contribution in [0.1, 0.15) is 24.5 Å². The van der Waals surface area contributed by atoms with Crippen molar-refractivity contribution >= 4 is 11.7 Å². The largest absolute Gasteiger partial charge is 0.391 e. The third-order valence-corrected chi connectivity index (χ3v) is 3.95. The number of nitrogens with one attached hydrogen (secondary N) is 1. The molecule has 0 saturated carbocycles. The van der Waals surface area contributed by atoms with Gasteiger partial charge in [0.1, 0.15) is 11.7 Å². The van der Waals surface area contributed by atoms with Gasteiger partial charge in [0, 0.05) is 12.0 Å². The van der Waals surface area contributed by atoms with Crippen molar-refractivity contribution in [2.45, 2.75) is 33.0 Å². The third-order valence-electron chi connectivity index (χ3n) is 3.95. The first-order chi connectivity index (χ1) is 10.9. The molecule has 122 valence electrons. The standard InChI is InChI=1S/C16H17F3N4/c1-10-5-3-4-6-13(10)23-15-12(9-21-23)8-20-14(22-15)7-11(2)16(17,18)19/h3-6,9,11H,7-8H2,1-2H3,(H,20,22). The number of hydrogen-bond acceptors (Lipinski definition) is 3. The monoisotopic (exact) mass is 322 g/mol. The highest BCUT2D eigenvalue weighted by molar-refractivity contribution is 5.97. The molecule has 1 aliphatic heterocycles. The maximum Gasteiger partial charge on any atom is 0.391 e. The second-order valence-electron chi connectivity index (χ2n) is 5.75. The summed E-state index contributed by atoms with van der Waals surface area (Å²) in [5, 5.41) is 7.37. The highest BCUT2D eigenvalue weighted by Crippen LogP contribution is 2.31. The lowest BCUT2D eigenvalue weighted by molar-refractivity contribution is -0.167. The smallest absolute Gasteiger partial charge is 0.328 e. The van der Waals surface area contributed by atoms with Crippen LogP contribution in [0, 0.1) is 12.8 Å². The highest BCUT2D eigenvalue weighted by atomic mass is 19.4. The molecule has 2 heterocycles. The predicted octanol–water partition coefficient (Wildman–Crippen LogP) is 4.09. The van der Waals surface area contributed by atoms with Crippen LogP contribution in [0.5, 0.6) is 0 Å². The summed E-state index contributed by atoms with van der Waals surface area (Å²) in [5.74, 6) is -0.401. The summed E-state index contributed by atoms with van der Waals surface area (Å²) in [6, 6.07) is 7.72. The lowest BCUT2D eigenvalue weighted by atomic mass is 10.1. The van der Waals surface area contributed by atoms with Gasteiger partial charge in [-0.2, -0.15) is 18.3 Å². The van der Waals surface area contributed by atoms with E-state index in [0.29, 0.717) is 18.2 Å². The molecule has 2 aromatic rings. The highest BCUT2D eigenvalue weighted by Gasteiger charge is 2.37. The summed E-state index contributed by atoms with van der Waals surface area (Å²) in [7, 11) is 0. The fourth-order valence-electron chi connectivity index (χ4n) is 2.49. The number of rotatable bonds is 3. The topological polar surface area (TPSA) is 42.2 Å². The van der Waals surface area contributed by atoms with Crippen LogP contribution >= 0.6 is 0 Å². The van der Waals surface area contributed by atoms with E-state index in [1.54, 1.807) is 10.9 Å². The Balaban J connectivity index is 1.86.